The van der Waals surface area contributed by atoms with Gasteiger partial charge in [-0.25, -0.2) is 0 Å². The van der Waals surface area contributed by atoms with Gasteiger partial charge in [0.2, 0.25) is 0 Å². The van der Waals surface area contributed by atoms with Crippen molar-refractivity contribution in [2.75, 3.05) is 41.5 Å². The van der Waals surface area contributed by atoms with Crippen LogP contribution in [0.3, 0.4) is 0 Å². The van der Waals surface area contributed by atoms with Gasteiger partial charge < -0.3 is 24.2 Å². The van der Waals surface area contributed by atoms with Gasteiger partial charge in [-0.2, -0.15) is 0 Å². The number of methoxy groups -OCH3 is 3. The largest absolute Gasteiger partial charge is 0.497 e. The quantitative estimate of drug-likeness (QED) is 0.677. The molecule has 1 atom stereocenters. The van der Waals surface area contributed by atoms with Crippen molar-refractivity contribution in [2.45, 2.75) is 57.1 Å². The molecular weight excluding hydrogens is 454 g/mol. The number of rotatable bonds is 5. The lowest BCUT2D eigenvalue weighted by molar-refractivity contribution is -0.0747. The lowest BCUT2D eigenvalue weighted by atomic mass is 9.77. The molecule has 2 aromatic rings. The summed E-state index contributed by atoms with van der Waals surface area (Å²) in [7, 11) is 7.17. The van der Waals surface area contributed by atoms with Crippen LogP contribution < -0.4 is 14.2 Å². The molecule has 0 saturated carbocycles. The Morgan fingerprint density at radius 2 is 1.69 bits per heavy atom. The van der Waals surface area contributed by atoms with Gasteiger partial charge in [-0.3, -0.25) is 9.80 Å². The zero-order chi connectivity index (χ0) is 25.7. The van der Waals surface area contributed by atoms with Crippen LogP contribution in [-0.4, -0.2) is 73.2 Å². The van der Waals surface area contributed by atoms with E-state index in [1.807, 2.05) is 12.1 Å². The number of likely N-dealkylation sites (tertiary alicyclic amines) is 1. The molecule has 0 unspecified atom stereocenters. The topological polar surface area (TPSA) is 57.6 Å². The third-order valence-corrected chi connectivity index (χ3v) is 8.41. The first-order chi connectivity index (χ1) is 17.2. The van der Waals surface area contributed by atoms with Gasteiger partial charge in [-0.1, -0.05) is 32.1 Å². The van der Waals surface area contributed by atoms with E-state index in [1.165, 1.54) is 11.3 Å². The molecule has 0 amide bonds. The SMILES string of the molecule is COc1cccc(CN2CCC3(CC2)C2=CC(C)(C)c4c(cc(OC)cc4OC)CN2[C@@H](O)N3C)c1. The first-order valence-electron chi connectivity index (χ1n) is 12.7. The van der Waals surface area contributed by atoms with E-state index in [0.717, 1.165) is 60.9 Å². The summed E-state index contributed by atoms with van der Waals surface area (Å²) in [5.74, 6) is 2.50. The molecule has 3 heterocycles. The predicted molar refractivity (Wildman–Crippen MR) is 140 cm³/mol. The highest BCUT2D eigenvalue weighted by atomic mass is 16.5. The second-order valence-corrected chi connectivity index (χ2v) is 10.9. The molecule has 2 aromatic carbocycles. The van der Waals surface area contributed by atoms with E-state index in [1.54, 1.807) is 21.3 Å². The number of allylic oxidation sites excluding steroid dienone is 1. The molecule has 0 aromatic heterocycles. The number of aliphatic hydroxyl groups is 1. The number of hydrogen-bond donors (Lipinski definition) is 1. The molecule has 3 aliphatic rings. The molecular formula is C29H39N3O4. The number of benzene rings is 2. The maximum absolute atomic E-state index is 11.5. The molecule has 1 spiro atoms. The van der Waals surface area contributed by atoms with Crippen LogP contribution in [0.2, 0.25) is 0 Å². The van der Waals surface area contributed by atoms with Crippen molar-refractivity contribution in [1.29, 1.82) is 0 Å². The van der Waals surface area contributed by atoms with Crippen LogP contribution in [0.15, 0.2) is 48.2 Å². The number of fused-ring (bicyclic) bond motifs is 3. The van der Waals surface area contributed by atoms with Gasteiger partial charge in [0.05, 0.1) is 26.9 Å². The van der Waals surface area contributed by atoms with Gasteiger partial charge in [-0.15, -0.1) is 0 Å². The summed E-state index contributed by atoms with van der Waals surface area (Å²) in [6.45, 7) is 7.92. The Hall–Kier alpha value is -2.74. The molecule has 3 aliphatic heterocycles. The average Bonchev–Trinajstić information content (AvgIpc) is 2.98. The Balaban J connectivity index is 1.45. The van der Waals surface area contributed by atoms with Crippen LogP contribution in [0.25, 0.3) is 0 Å². The van der Waals surface area contributed by atoms with Crippen LogP contribution >= 0.6 is 0 Å². The number of ether oxygens (including phenoxy) is 3. The minimum atomic E-state index is -0.680. The number of piperidine rings is 1. The van der Waals surface area contributed by atoms with Crippen molar-refractivity contribution >= 4 is 0 Å². The van der Waals surface area contributed by atoms with Crippen molar-refractivity contribution in [3.8, 4) is 17.2 Å². The van der Waals surface area contributed by atoms with Crippen molar-refractivity contribution in [3.63, 3.8) is 0 Å². The summed E-state index contributed by atoms with van der Waals surface area (Å²) < 4.78 is 16.8. The highest BCUT2D eigenvalue weighted by molar-refractivity contribution is 5.54. The number of nitrogens with zero attached hydrogens (tertiary/aromatic N) is 3. The van der Waals surface area contributed by atoms with Crippen LogP contribution in [0.5, 0.6) is 17.2 Å². The third kappa shape index (κ3) is 4.03. The van der Waals surface area contributed by atoms with E-state index in [-0.39, 0.29) is 11.0 Å². The first kappa shape index (κ1) is 24.9. The van der Waals surface area contributed by atoms with Gasteiger partial charge >= 0.3 is 0 Å². The van der Waals surface area contributed by atoms with E-state index < -0.39 is 6.35 Å². The molecule has 0 aliphatic carbocycles. The molecule has 7 nitrogen and oxygen atoms in total. The number of aliphatic hydroxyl groups excluding tert-OH is 1. The number of hydrogen-bond acceptors (Lipinski definition) is 7. The highest BCUT2D eigenvalue weighted by Crippen LogP contribution is 2.50. The monoisotopic (exact) mass is 493 g/mol. The van der Waals surface area contributed by atoms with Crippen molar-refractivity contribution in [3.05, 3.63) is 64.9 Å². The molecule has 7 heteroatoms. The van der Waals surface area contributed by atoms with E-state index in [4.69, 9.17) is 14.2 Å². The fraction of sp³-hybridized carbons (Fsp3) is 0.517. The van der Waals surface area contributed by atoms with E-state index in [0.29, 0.717) is 6.54 Å². The van der Waals surface area contributed by atoms with Crippen LogP contribution in [-0.2, 0) is 18.5 Å². The number of likely N-dealkylation sites (N-methyl/N-ethyl adjacent to an activating group) is 1. The summed E-state index contributed by atoms with van der Waals surface area (Å²) >= 11 is 0. The first-order valence-corrected chi connectivity index (χ1v) is 12.7. The lowest BCUT2D eigenvalue weighted by Gasteiger charge is -2.44. The van der Waals surface area contributed by atoms with Crippen molar-refractivity contribution in [2.24, 2.45) is 0 Å². The Morgan fingerprint density at radius 1 is 0.972 bits per heavy atom. The Bertz CT molecular complexity index is 1150. The Kier molecular flexibility index (Phi) is 6.43. The zero-order valence-electron chi connectivity index (χ0n) is 22.4. The van der Waals surface area contributed by atoms with Gasteiger partial charge in [0.1, 0.15) is 17.2 Å². The van der Waals surface area contributed by atoms with Crippen molar-refractivity contribution < 1.29 is 19.3 Å². The van der Waals surface area contributed by atoms with Gasteiger partial charge in [0, 0.05) is 48.9 Å². The molecule has 5 rings (SSSR count). The summed E-state index contributed by atoms with van der Waals surface area (Å²) in [5.41, 5.74) is 4.29. The fourth-order valence-electron chi connectivity index (χ4n) is 6.48. The van der Waals surface area contributed by atoms with E-state index in [9.17, 15) is 5.11 Å². The lowest BCUT2D eigenvalue weighted by Crippen LogP contribution is -2.53. The van der Waals surface area contributed by atoms with Gasteiger partial charge in [0.25, 0.3) is 0 Å². The molecule has 0 bridgehead atoms. The highest BCUT2D eigenvalue weighted by Gasteiger charge is 2.54. The van der Waals surface area contributed by atoms with Gasteiger partial charge in [-0.05, 0) is 49.2 Å². The zero-order valence-corrected chi connectivity index (χ0v) is 22.4. The molecule has 36 heavy (non-hydrogen) atoms. The van der Waals surface area contributed by atoms with Gasteiger partial charge in [0.15, 0.2) is 6.35 Å². The summed E-state index contributed by atoms with van der Waals surface area (Å²) in [5, 5.41) is 11.5. The van der Waals surface area contributed by atoms with Crippen LogP contribution in [0.1, 0.15) is 43.4 Å². The third-order valence-electron chi connectivity index (χ3n) is 8.41. The minimum absolute atomic E-state index is 0.207. The standard InChI is InChI=1S/C29H39N3O4/c1-28(2)17-25-29(10-12-31(13-11-29)18-20-8-7-9-22(14-20)34-4)30(3)27(33)32(25)19-21-15-23(35-5)16-24(36-6)26(21)28/h7-9,14-17,27,33H,10-13,18-19H2,1-6H3/t27-/m0/s1. The minimum Gasteiger partial charge on any atom is -0.497 e. The summed E-state index contributed by atoms with van der Waals surface area (Å²) in [4.78, 5) is 6.86. The second kappa shape index (κ2) is 9.29. The molecule has 2 saturated heterocycles. The summed E-state index contributed by atoms with van der Waals surface area (Å²) in [6, 6.07) is 12.4. The second-order valence-electron chi connectivity index (χ2n) is 10.9. The predicted octanol–water partition coefficient (Wildman–Crippen LogP) is 3.95. The maximum Gasteiger partial charge on any atom is 0.187 e. The average molecular weight is 494 g/mol. The normalized spacial score (nSPS) is 23.0. The molecule has 194 valence electrons. The maximum atomic E-state index is 11.5. The van der Waals surface area contributed by atoms with Crippen LogP contribution in [0, 0.1) is 0 Å². The van der Waals surface area contributed by atoms with E-state index in [2.05, 4.69) is 65.9 Å². The van der Waals surface area contributed by atoms with E-state index >= 15 is 0 Å². The van der Waals surface area contributed by atoms with Crippen molar-refractivity contribution in [1.82, 2.24) is 14.7 Å². The Morgan fingerprint density at radius 3 is 2.36 bits per heavy atom. The Labute approximate surface area is 214 Å². The summed E-state index contributed by atoms with van der Waals surface area (Å²) in [6.07, 6.45) is 3.61. The molecule has 0 radical (unpaired) electrons. The fourth-order valence-corrected chi connectivity index (χ4v) is 6.48. The molecule has 1 N–H and O–H groups in total. The smallest absolute Gasteiger partial charge is 0.187 e. The molecule has 2 fully saturated rings. The van der Waals surface area contributed by atoms with Crippen LogP contribution in [0.4, 0.5) is 0 Å².